The van der Waals surface area contributed by atoms with E-state index in [1.807, 2.05) is 22.8 Å². The molecule has 0 radical (unpaired) electrons. The molecule has 2 heterocycles. The summed E-state index contributed by atoms with van der Waals surface area (Å²) in [5, 5.41) is 15.1. The topological polar surface area (TPSA) is 108 Å². The van der Waals surface area contributed by atoms with Gasteiger partial charge in [0, 0.05) is 62.3 Å². The maximum Gasteiger partial charge on any atom is 0.293 e. The fourth-order valence-corrected chi connectivity index (χ4v) is 4.70. The highest BCUT2D eigenvalue weighted by Gasteiger charge is 2.25. The van der Waals surface area contributed by atoms with E-state index in [-0.39, 0.29) is 17.2 Å². The van der Waals surface area contributed by atoms with Gasteiger partial charge in [0.2, 0.25) is 5.91 Å². The molecule has 4 rings (SSSR count). The van der Waals surface area contributed by atoms with Crippen LogP contribution in [0.15, 0.2) is 36.4 Å². The summed E-state index contributed by atoms with van der Waals surface area (Å²) < 4.78 is 5.34. The molecule has 0 spiro atoms. The Balaban J connectivity index is 1.52. The van der Waals surface area contributed by atoms with Gasteiger partial charge >= 0.3 is 0 Å². The lowest BCUT2D eigenvalue weighted by Gasteiger charge is -2.37. The van der Waals surface area contributed by atoms with E-state index in [9.17, 15) is 19.7 Å². The number of halogens is 1. The maximum atomic E-state index is 13.2. The van der Waals surface area contributed by atoms with Gasteiger partial charge in [-0.1, -0.05) is 18.5 Å². The number of nitro benzene ring substituents is 1. The Morgan fingerprint density at radius 2 is 1.67 bits per heavy atom. The van der Waals surface area contributed by atoms with Crippen LogP contribution >= 0.6 is 11.6 Å². The molecule has 11 heteroatoms. The van der Waals surface area contributed by atoms with E-state index in [1.54, 1.807) is 24.3 Å². The van der Waals surface area contributed by atoms with Crippen LogP contribution in [-0.4, -0.2) is 74.1 Å². The molecule has 1 N–H and O–H groups in total. The van der Waals surface area contributed by atoms with Crippen molar-refractivity contribution >= 4 is 46.2 Å². The molecule has 0 aliphatic carbocycles. The third kappa shape index (κ3) is 5.88. The van der Waals surface area contributed by atoms with Gasteiger partial charge in [-0.2, -0.15) is 0 Å². The van der Waals surface area contributed by atoms with Crippen molar-refractivity contribution in [2.24, 2.45) is 0 Å². The van der Waals surface area contributed by atoms with Gasteiger partial charge < -0.3 is 24.8 Å². The number of carbonyl (C=O) groups is 2. The lowest BCUT2D eigenvalue weighted by atomic mass is 10.1. The first-order chi connectivity index (χ1) is 17.4. The molecule has 10 nitrogen and oxygen atoms in total. The van der Waals surface area contributed by atoms with Crippen LogP contribution in [0.25, 0.3) is 0 Å². The number of piperazine rings is 1. The summed E-state index contributed by atoms with van der Waals surface area (Å²) in [6.45, 7) is 6.54. The Morgan fingerprint density at radius 1 is 1.00 bits per heavy atom. The monoisotopic (exact) mass is 515 g/mol. The smallest absolute Gasteiger partial charge is 0.293 e. The second-order valence-corrected chi connectivity index (χ2v) is 9.23. The Kier molecular flexibility index (Phi) is 8.27. The number of amides is 2. The average molecular weight is 516 g/mol. The molecule has 0 saturated carbocycles. The molecular weight excluding hydrogens is 486 g/mol. The first kappa shape index (κ1) is 25.7. The summed E-state index contributed by atoms with van der Waals surface area (Å²) in [5.41, 5.74) is 1.83. The Bertz CT molecular complexity index is 1130. The van der Waals surface area contributed by atoms with Gasteiger partial charge in [0.05, 0.1) is 29.5 Å². The van der Waals surface area contributed by atoms with E-state index in [2.05, 4.69) is 10.2 Å². The second kappa shape index (κ2) is 11.6. The average Bonchev–Trinajstić information content (AvgIpc) is 2.89. The molecule has 0 atom stereocenters. The summed E-state index contributed by atoms with van der Waals surface area (Å²) in [7, 11) is 0. The first-order valence-corrected chi connectivity index (χ1v) is 12.5. The highest BCUT2D eigenvalue weighted by Crippen LogP contribution is 2.33. The highest BCUT2D eigenvalue weighted by atomic mass is 35.5. The van der Waals surface area contributed by atoms with Crippen molar-refractivity contribution in [1.82, 2.24) is 4.90 Å². The van der Waals surface area contributed by atoms with E-state index in [0.717, 1.165) is 12.1 Å². The van der Waals surface area contributed by atoms with Crippen molar-refractivity contribution in [2.45, 2.75) is 19.8 Å². The van der Waals surface area contributed by atoms with Crippen molar-refractivity contribution in [3.63, 3.8) is 0 Å². The number of ether oxygens (including phenoxy) is 1. The molecule has 0 aromatic heterocycles. The lowest BCUT2D eigenvalue weighted by molar-refractivity contribution is -0.384. The van der Waals surface area contributed by atoms with Crippen LogP contribution in [0.1, 0.15) is 30.1 Å². The Labute approximate surface area is 214 Å². The maximum absolute atomic E-state index is 13.2. The van der Waals surface area contributed by atoms with Gasteiger partial charge in [0.1, 0.15) is 5.69 Å². The normalized spacial score (nSPS) is 16.1. The number of nitro groups is 1. The molecular formula is C25H30ClN5O5. The number of rotatable bonds is 7. The van der Waals surface area contributed by atoms with Gasteiger partial charge in [-0.15, -0.1) is 0 Å². The van der Waals surface area contributed by atoms with Crippen molar-refractivity contribution in [3.05, 3.63) is 57.1 Å². The van der Waals surface area contributed by atoms with Crippen LogP contribution in [0.3, 0.4) is 0 Å². The van der Waals surface area contributed by atoms with E-state index in [4.69, 9.17) is 16.3 Å². The molecule has 0 unspecified atom stereocenters. The number of morpholine rings is 1. The molecule has 0 bridgehead atoms. The fraction of sp³-hybridized carbons (Fsp3) is 0.440. The quantitative estimate of drug-likeness (QED) is 0.441. The zero-order valence-electron chi connectivity index (χ0n) is 20.2. The van der Waals surface area contributed by atoms with E-state index in [1.165, 1.54) is 6.07 Å². The largest absolute Gasteiger partial charge is 0.378 e. The fourth-order valence-electron chi connectivity index (χ4n) is 4.53. The molecule has 36 heavy (non-hydrogen) atoms. The lowest BCUT2D eigenvalue weighted by Crippen LogP contribution is -2.48. The van der Waals surface area contributed by atoms with Gasteiger partial charge in [-0.05, 0) is 36.8 Å². The minimum absolute atomic E-state index is 0.122. The summed E-state index contributed by atoms with van der Waals surface area (Å²) in [6.07, 6.45) is 1.36. The first-order valence-electron chi connectivity index (χ1n) is 12.1. The zero-order valence-corrected chi connectivity index (χ0v) is 21.0. The molecule has 192 valence electrons. The predicted octanol–water partition coefficient (Wildman–Crippen LogP) is 3.79. The van der Waals surface area contributed by atoms with Gasteiger partial charge in [-0.25, -0.2) is 0 Å². The van der Waals surface area contributed by atoms with Crippen molar-refractivity contribution in [1.29, 1.82) is 0 Å². The van der Waals surface area contributed by atoms with Gasteiger partial charge in [0.25, 0.3) is 11.6 Å². The minimum Gasteiger partial charge on any atom is -0.378 e. The summed E-state index contributed by atoms with van der Waals surface area (Å²) in [4.78, 5) is 42.6. The van der Waals surface area contributed by atoms with Crippen LogP contribution in [0.5, 0.6) is 0 Å². The SMILES string of the molecule is CCCC(=O)N1CCN(c2ccc(Cl)cc2NC(=O)c2ccc(N3CCOCC3)c([N+](=O)[O-])c2)CC1. The zero-order chi connectivity index (χ0) is 25.7. The van der Waals surface area contributed by atoms with Crippen molar-refractivity contribution in [2.75, 3.05) is 67.6 Å². The number of anilines is 3. The summed E-state index contributed by atoms with van der Waals surface area (Å²) in [6, 6.07) is 9.77. The van der Waals surface area contributed by atoms with E-state index in [0.29, 0.717) is 75.3 Å². The number of nitrogens with zero attached hydrogens (tertiary/aromatic N) is 4. The minimum atomic E-state index is -0.467. The van der Waals surface area contributed by atoms with Gasteiger partial charge in [0.15, 0.2) is 0 Å². The van der Waals surface area contributed by atoms with Crippen LogP contribution in [-0.2, 0) is 9.53 Å². The summed E-state index contributed by atoms with van der Waals surface area (Å²) >= 11 is 6.23. The number of benzene rings is 2. The molecule has 2 aromatic rings. The molecule has 2 fully saturated rings. The third-order valence-electron chi connectivity index (χ3n) is 6.43. The van der Waals surface area contributed by atoms with E-state index >= 15 is 0 Å². The second-order valence-electron chi connectivity index (χ2n) is 8.79. The van der Waals surface area contributed by atoms with Crippen LogP contribution in [0.2, 0.25) is 5.02 Å². The number of carbonyl (C=O) groups excluding carboxylic acids is 2. The van der Waals surface area contributed by atoms with Crippen molar-refractivity contribution < 1.29 is 19.2 Å². The highest BCUT2D eigenvalue weighted by molar-refractivity contribution is 6.31. The number of nitrogens with one attached hydrogen (secondary N) is 1. The van der Waals surface area contributed by atoms with E-state index < -0.39 is 10.8 Å². The van der Waals surface area contributed by atoms with Crippen LogP contribution in [0.4, 0.5) is 22.7 Å². The molecule has 2 saturated heterocycles. The molecule has 2 aliphatic rings. The molecule has 2 aliphatic heterocycles. The van der Waals surface area contributed by atoms with Crippen molar-refractivity contribution in [3.8, 4) is 0 Å². The Morgan fingerprint density at radius 3 is 2.33 bits per heavy atom. The molecule has 2 amide bonds. The predicted molar refractivity (Wildman–Crippen MR) is 139 cm³/mol. The van der Waals surface area contributed by atoms with Crippen LogP contribution in [0, 0.1) is 10.1 Å². The van der Waals surface area contributed by atoms with Crippen LogP contribution < -0.4 is 15.1 Å². The third-order valence-corrected chi connectivity index (χ3v) is 6.66. The number of hydrogen-bond acceptors (Lipinski definition) is 7. The number of hydrogen-bond donors (Lipinski definition) is 1. The molecule has 2 aromatic carbocycles. The van der Waals surface area contributed by atoms with Gasteiger partial charge in [-0.3, -0.25) is 19.7 Å². The standard InChI is InChI=1S/C25H30ClN5O5/c1-2-3-24(32)30-10-8-28(9-11-30)21-7-5-19(26)17-20(21)27-25(33)18-4-6-22(23(16-18)31(34)35)29-12-14-36-15-13-29/h4-7,16-17H,2-3,8-15H2,1H3,(H,27,33). The Hall–Kier alpha value is -3.37. The summed E-state index contributed by atoms with van der Waals surface area (Å²) in [5.74, 6) is -0.309.